The van der Waals surface area contributed by atoms with Crippen LogP contribution in [0, 0.1) is 0 Å². The van der Waals surface area contributed by atoms with E-state index >= 15 is 0 Å². The van der Waals surface area contributed by atoms with E-state index in [9.17, 15) is 18.0 Å². The third-order valence-corrected chi connectivity index (χ3v) is 4.22. The molecule has 0 bridgehead atoms. The normalized spacial score (nSPS) is 11.3. The van der Waals surface area contributed by atoms with Crippen molar-refractivity contribution in [2.45, 2.75) is 12.6 Å². The second-order valence-corrected chi connectivity index (χ2v) is 6.29. The Morgan fingerprint density at radius 3 is 2.68 bits per heavy atom. The van der Waals surface area contributed by atoms with E-state index in [4.69, 9.17) is 0 Å². The van der Waals surface area contributed by atoms with Gasteiger partial charge in [-0.2, -0.15) is 13.2 Å². The summed E-state index contributed by atoms with van der Waals surface area (Å²) in [6.45, 7) is 0. The highest BCUT2D eigenvalue weighted by atomic mass is 32.1. The molecular weight excluding hydrogens is 351 g/mol. The Hall–Kier alpha value is -2.74. The number of anilines is 1. The molecule has 1 aromatic carbocycles. The van der Waals surface area contributed by atoms with Gasteiger partial charge >= 0.3 is 6.18 Å². The van der Waals surface area contributed by atoms with Crippen LogP contribution in [0.4, 0.5) is 18.3 Å². The molecule has 0 fully saturated rings. The summed E-state index contributed by atoms with van der Waals surface area (Å²) >= 11 is 1.21. The summed E-state index contributed by atoms with van der Waals surface area (Å²) in [6, 6.07) is 10.1. The third-order valence-electron chi connectivity index (χ3n) is 3.30. The van der Waals surface area contributed by atoms with Crippen LogP contribution in [0.3, 0.4) is 0 Å². The molecule has 25 heavy (non-hydrogen) atoms. The molecule has 0 unspecified atom stereocenters. The van der Waals surface area contributed by atoms with Gasteiger partial charge in [-0.15, -0.1) is 11.3 Å². The average molecular weight is 363 g/mol. The van der Waals surface area contributed by atoms with Gasteiger partial charge in [0.1, 0.15) is 5.69 Å². The van der Waals surface area contributed by atoms with E-state index in [1.54, 1.807) is 30.5 Å². The maximum Gasteiger partial charge on any atom is 0.416 e. The van der Waals surface area contributed by atoms with Crippen molar-refractivity contribution in [2.24, 2.45) is 0 Å². The maximum atomic E-state index is 12.8. The molecule has 0 radical (unpaired) electrons. The molecule has 2 aromatic heterocycles. The Balaban J connectivity index is 1.69. The van der Waals surface area contributed by atoms with E-state index in [-0.39, 0.29) is 11.6 Å². The molecule has 4 nitrogen and oxygen atoms in total. The van der Waals surface area contributed by atoms with Crippen molar-refractivity contribution in [3.05, 3.63) is 76.6 Å². The van der Waals surface area contributed by atoms with Crippen molar-refractivity contribution in [3.8, 4) is 0 Å². The Morgan fingerprint density at radius 2 is 1.96 bits per heavy atom. The van der Waals surface area contributed by atoms with Gasteiger partial charge in [0, 0.05) is 23.7 Å². The fourth-order valence-electron chi connectivity index (χ4n) is 2.16. The van der Waals surface area contributed by atoms with E-state index in [1.165, 1.54) is 23.6 Å². The molecule has 128 valence electrons. The van der Waals surface area contributed by atoms with E-state index in [1.807, 2.05) is 0 Å². The summed E-state index contributed by atoms with van der Waals surface area (Å²) < 4.78 is 38.3. The minimum Gasteiger partial charge on any atom is -0.296 e. The number of aromatic nitrogens is 2. The monoisotopic (exact) mass is 363 g/mol. The fourth-order valence-corrected chi connectivity index (χ4v) is 3.01. The van der Waals surface area contributed by atoms with E-state index in [2.05, 4.69) is 15.3 Å². The van der Waals surface area contributed by atoms with Crippen molar-refractivity contribution in [3.63, 3.8) is 0 Å². The Labute approximate surface area is 145 Å². The molecule has 0 spiro atoms. The van der Waals surface area contributed by atoms with Gasteiger partial charge in [0.25, 0.3) is 5.91 Å². The number of nitrogens with one attached hydrogen (secondary N) is 1. The van der Waals surface area contributed by atoms with Gasteiger partial charge in [-0.1, -0.05) is 24.3 Å². The zero-order valence-electron chi connectivity index (χ0n) is 12.7. The number of benzene rings is 1. The molecule has 1 N–H and O–H groups in total. The zero-order chi connectivity index (χ0) is 17.9. The highest BCUT2D eigenvalue weighted by Crippen LogP contribution is 2.30. The van der Waals surface area contributed by atoms with Crippen LogP contribution in [-0.2, 0) is 12.6 Å². The zero-order valence-corrected chi connectivity index (χ0v) is 13.6. The molecule has 0 saturated carbocycles. The van der Waals surface area contributed by atoms with Crippen LogP contribution >= 0.6 is 11.3 Å². The lowest BCUT2D eigenvalue weighted by atomic mass is 10.1. The number of hydrogen-bond acceptors (Lipinski definition) is 4. The number of carbonyl (C=O) groups excluding carboxylic acids is 1. The van der Waals surface area contributed by atoms with Gasteiger partial charge < -0.3 is 0 Å². The largest absolute Gasteiger partial charge is 0.416 e. The molecule has 0 aliphatic rings. The van der Waals surface area contributed by atoms with E-state index in [0.29, 0.717) is 17.1 Å². The number of alkyl halides is 3. The fraction of sp³-hybridized carbons (Fsp3) is 0.118. The highest BCUT2D eigenvalue weighted by Gasteiger charge is 2.30. The van der Waals surface area contributed by atoms with Gasteiger partial charge in [0.15, 0.2) is 5.13 Å². The van der Waals surface area contributed by atoms with Crippen LogP contribution in [0.25, 0.3) is 0 Å². The Bertz CT molecular complexity index is 878. The van der Waals surface area contributed by atoms with Crippen LogP contribution in [0.2, 0.25) is 0 Å². The highest BCUT2D eigenvalue weighted by molar-refractivity contribution is 7.15. The lowest BCUT2D eigenvalue weighted by molar-refractivity contribution is -0.137. The van der Waals surface area contributed by atoms with Crippen molar-refractivity contribution in [1.29, 1.82) is 0 Å². The molecule has 1 amide bonds. The Kier molecular flexibility index (Phi) is 4.80. The van der Waals surface area contributed by atoms with E-state index < -0.39 is 11.7 Å². The quantitative estimate of drug-likeness (QED) is 0.747. The molecule has 3 aromatic rings. The average Bonchev–Trinajstić information content (AvgIpc) is 3.02. The maximum absolute atomic E-state index is 12.8. The molecule has 0 atom stereocenters. The predicted molar refractivity (Wildman–Crippen MR) is 88.6 cm³/mol. The molecular formula is C17H12F3N3OS. The number of carbonyl (C=O) groups is 1. The molecule has 0 aliphatic heterocycles. The van der Waals surface area contributed by atoms with Crippen LogP contribution in [-0.4, -0.2) is 15.9 Å². The first-order valence-corrected chi connectivity index (χ1v) is 8.07. The first-order valence-electron chi connectivity index (χ1n) is 7.25. The van der Waals surface area contributed by atoms with Crippen LogP contribution < -0.4 is 5.32 Å². The summed E-state index contributed by atoms with van der Waals surface area (Å²) in [6.07, 6.45) is -1.01. The van der Waals surface area contributed by atoms with Crippen molar-refractivity contribution in [2.75, 3.05) is 5.32 Å². The van der Waals surface area contributed by atoms with Gasteiger partial charge in [-0.05, 0) is 23.8 Å². The van der Waals surface area contributed by atoms with Gasteiger partial charge in [-0.25, -0.2) is 4.98 Å². The number of amides is 1. The lowest BCUT2D eigenvalue weighted by Crippen LogP contribution is -2.12. The van der Waals surface area contributed by atoms with Crippen molar-refractivity contribution in [1.82, 2.24) is 9.97 Å². The van der Waals surface area contributed by atoms with Crippen LogP contribution in [0.15, 0.2) is 54.9 Å². The molecule has 8 heteroatoms. The third kappa shape index (κ3) is 4.42. The van der Waals surface area contributed by atoms with Gasteiger partial charge in [0.05, 0.1) is 5.56 Å². The smallest absolute Gasteiger partial charge is 0.296 e. The number of nitrogens with zero attached hydrogens (tertiary/aromatic N) is 2. The Morgan fingerprint density at radius 1 is 1.12 bits per heavy atom. The standard InChI is InChI=1S/C17H12F3N3OS/c18-17(19,20)12-5-3-4-11(8-12)9-13-10-22-16(25-13)23-15(24)14-6-1-2-7-21-14/h1-8,10H,9H2,(H,22,23,24). The summed E-state index contributed by atoms with van der Waals surface area (Å²) in [5.41, 5.74) is 0.108. The second-order valence-electron chi connectivity index (χ2n) is 5.18. The first-order chi connectivity index (χ1) is 11.9. The van der Waals surface area contributed by atoms with Crippen LogP contribution in [0.1, 0.15) is 26.5 Å². The predicted octanol–water partition coefficient (Wildman–Crippen LogP) is 4.40. The minimum atomic E-state index is -4.37. The number of rotatable bonds is 4. The molecule has 3 rings (SSSR count). The summed E-state index contributed by atoms with van der Waals surface area (Å²) in [7, 11) is 0. The number of halogens is 3. The topological polar surface area (TPSA) is 54.9 Å². The van der Waals surface area contributed by atoms with Gasteiger partial charge in [-0.3, -0.25) is 15.1 Å². The second kappa shape index (κ2) is 7.02. The lowest BCUT2D eigenvalue weighted by Gasteiger charge is -2.07. The minimum absolute atomic E-state index is 0.261. The number of thiazole rings is 1. The van der Waals surface area contributed by atoms with E-state index in [0.717, 1.165) is 17.0 Å². The number of hydrogen-bond donors (Lipinski definition) is 1. The molecule has 0 aliphatic carbocycles. The SMILES string of the molecule is O=C(Nc1ncc(Cc2cccc(C(F)(F)F)c2)s1)c1ccccn1. The number of pyridine rings is 1. The summed E-state index contributed by atoms with van der Waals surface area (Å²) in [5.74, 6) is -0.388. The van der Waals surface area contributed by atoms with Crippen molar-refractivity contribution < 1.29 is 18.0 Å². The van der Waals surface area contributed by atoms with Crippen LogP contribution in [0.5, 0.6) is 0 Å². The first kappa shape index (κ1) is 17.1. The van der Waals surface area contributed by atoms with Crippen molar-refractivity contribution >= 4 is 22.4 Å². The molecule has 0 saturated heterocycles. The molecule has 2 heterocycles. The summed E-state index contributed by atoms with van der Waals surface area (Å²) in [4.78, 5) is 20.8. The van der Waals surface area contributed by atoms with Gasteiger partial charge in [0.2, 0.25) is 0 Å². The summed E-state index contributed by atoms with van der Waals surface area (Å²) in [5, 5.41) is 3.00.